The van der Waals surface area contributed by atoms with Gasteiger partial charge in [-0.3, -0.25) is 4.79 Å². The molecule has 0 saturated heterocycles. The van der Waals surface area contributed by atoms with E-state index in [0.29, 0.717) is 11.6 Å². The Labute approximate surface area is 79.9 Å². The number of nitrogens with zero attached hydrogens (tertiary/aromatic N) is 2. The predicted octanol–water partition coefficient (Wildman–Crippen LogP) is 0.616. The molecule has 0 bridgehead atoms. The summed E-state index contributed by atoms with van der Waals surface area (Å²) < 4.78 is 4.50. The lowest BCUT2D eigenvalue weighted by Crippen LogP contribution is -2.00. The minimum absolute atomic E-state index is 0.197. The molecule has 1 rings (SSSR count). The molecule has 0 aliphatic carbocycles. The summed E-state index contributed by atoms with van der Waals surface area (Å²) in [6.07, 6.45) is 1.86. The molecule has 13 heavy (non-hydrogen) atoms. The predicted molar refractivity (Wildman–Crippen MR) is 49.3 cm³/mol. The van der Waals surface area contributed by atoms with Gasteiger partial charge in [0.1, 0.15) is 5.01 Å². The minimum atomic E-state index is -0.197. The molecule has 0 aliphatic rings. The Hall–Kier alpha value is -1.17. The molecule has 0 atom stereocenters. The van der Waals surface area contributed by atoms with Crippen LogP contribution in [-0.2, 0) is 16.0 Å². The monoisotopic (exact) mass is 201 g/mol. The van der Waals surface area contributed by atoms with Crippen LogP contribution in [0.1, 0.15) is 17.8 Å². The van der Waals surface area contributed by atoms with Crippen LogP contribution < -0.4 is 5.73 Å². The van der Waals surface area contributed by atoms with Crippen LogP contribution in [0.3, 0.4) is 0 Å². The van der Waals surface area contributed by atoms with E-state index in [1.54, 1.807) is 0 Å². The second-order valence-corrected chi connectivity index (χ2v) is 3.56. The van der Waals surface area contributed by atoms with E-state index < -0.39 is 0 Å². The number of methoxy groups -OCH3 is 1. The van der Waals surface area contributed by atoms with Crippen LogP contribution in [0.2, 0.25) is 0 Å². The minimum Gasteiger partial charge on any atom is -0.469 e. The second kappa shape index (κ2) is 4.76. The number of hydrogen-bond acceptors (Lipinski definition) is 6. The fourth-order valence-electron chi connectivity index (χ4n) is 0.854. The van der Waals surface area contributed by atoms with Gasteiger partial charge in [0.25, 0.3) is 0 Å². The Morgan fingerprint density at radius 1 is 1.62 bits per heavy atom. The van der Waals surface area contributed by atoms with Crippen molar-refractivity contribution in [2.45, 2.75) is 19.3 Å². The van der Waals surface area contributed by atoms with Gasteiger partial charge in [-0.2, -0.15) is 0 Å². The summed E-state index contributed by atoms with van der Waals surface area (Å²) in [7, 11) is 1.38. The lowest BCUT2D eigenvalue weighted by atomic mass is 10.2. The van der Waals surface area contributed by atoms with Crippen LogP contribution in [0, 0.1) is 0 Å². The molecule has 1 aromatic heterocycles. The van der Waals surface area contributed by atoms with Crippen LogP contribution >= 0.6 is 11.3 Å². The molecule has 72 valence electrons. The van der Waals surface area contributed by atoms with Gasteiger partial charge in [-0.25, -0.2) is 0 Å². The van der Waals surface area contributed by atoms with E-state index in [1.165, 1.54) is 18.4 Å². The Kier molecular flexibility index (Phi) is 3.63. The Bertz CT molecular complexity index is 287. The van der Waals surface area contributed by atoms with Crippen LogP contribution in [0.25, 0.3) is 0 Å². The normalized spacial score (nSPS) is 9.92. The van der Waals surface area contributed by atoms with Crippen molar-refractivity contribution in [1.29, 1.82) is 0 Å². The van der Waals surface area contributed by atoms with Gasteiger partial charge in [0, 0.05) is 12.8 Å². The third-order valence-electron chi connectivity index (χ3n) is 1.48. The smallest absolute Gasteiger partial charge is 0.305 e. The molecule has 5 nitrogen and oxygen atoms in total. The Morgan fingerprint density at radius 2 is 2.38 bits per heavy atom. The number of ether oxygens (including phenoxy) is 1. The quantitative estimate of drug-likeness (QED) is 0.722. The largest absolute Gasteiger partial charge is 0.469 e. The molecular weight excluding hydrogens is 190 g/mol. The molecule has 0 saturated carbocycles. The number of aryl methyl sites for hydroxylation is 1. The molecule has 0 spiro atoms. The van der Waals surface area contributed by atoms with Gasteiger partial charge in [-0.15, -0.1) is 10.2 Å². The number of nitrogens with two attached hydrogens (primary N) is 1. The number of aromatic nitrogens is 2. The molecule has 0 aliphatic heterocycles. The number of esters is 1. The highest BCUT2D eigenvalue weighted by Crippen LogP contribution is 2.13. The third kappa shape index (κ3) is 3.37. The zero-order chi connectivity index (χ0) is 9.68. The molecule has 6 heteroatoms. The van der Waals surface area contributed by atoms with Crippen molar-refractivity contribution in [3.8, 4) is 0 Å². The number of hydrogen-bond donors (Lipinski definition) is 1. The van der Waals surface area contributed by atoms with Crippen LogP contribution in [0.4, 0.5) is 5.13 Å². The fraction of sp³-hybridized carbons (Fsp3) is 0.571. The number of carbonyl (C=O) groups excluding carboxylic acids is 1. The molecule has 0 amide bonds. The van der Waals surface area contributed by atoms with E-state index in [1.807, 2.05) is 0 Å². The van der Waals surface area contributed by atoms with E-state index in [2.05, 4.69) is 14.9 Å². The zero-order valence-electron chi connectivity index (χ0n) is 7.32. The van der Waals surface area contributed by atoms with E-state index in [9.17, 15) is 4.79 Å². The average Bonchev–Trinajstić information content (AvgIpc) is 2.51. The highest BCUT2D eigenvalue weighted by molar-refractivity contribution is 7.15. The van der Waals surface area contributed by atoms with Crippen molar-refractivity contribution >= 4 is 22.4 Å². The first kappa shape index (κ1) is 9.91. The van der Waals surface area contributed by atoms with E-state index >= 15 is 0 Å². The molecule has 0 radical (unpaired) electrons. The van der Waals surface area contributed by atoms with Gasteiger partial charge in [0.05, 0.1) is 7.11 Å². The van der Waals surface area contributed by atoms with Crippen LogP contribution in [0.5, 0.6) is 0 Å². The van der Waals surface area contributed by atoms with Crippen molar-refractivity contribution in [1.82, 2.24) is 10.2 Å². The third-order valence-corrected chi connectivity index (χ3v) is 2.29. The molecule has 0 aromatic carbocycles. The van der Waals surface area contributed by atoms with Gasteiger partial charge >= 0.3 is 5.97 Å². The van der Waals surface area contributed by atoms with Gasteiger partial charge in [-0.05, 0) is 6.42 Å². The summed E-state index contributed by atoms with van der Waals surface area (Å²) in [5, 5.41) is 8.82. The van der Waals surface area contributed by atoms with Crippen LogP contribution in [0.15, 0.2) is 0 Å². The van der Waals surface area contributed by atoms with Crippen molar-refractivity contribution in [2.75, 3.05) is 12.8 Å². The summed E-state index contributed by atoms with van der Waals surface area (Å²) in [5.41, 5.74) is 5.39. The lowest BCUT2D eigenvalue weighted by molar-refractivity contribution is -0.140. The van der Waals surface area contributed by atoms with Gasteiger partial charge in [0.2, 0.25) is 5.13 Å². The lowest BCUT2D eigenvalue weighted by Gasteiger charge is -1.95. The second-order valence-electron chi connectivity index (χ2n) is 2.46. The summed E-state index contributed by atoms with van der Waals surface area (Å²) >= 11 is 1.35. The SMILES string of the molecule is COC(=O)CCCc1nnc(N)s1. The first-order chi connectivity index (χ1) is 6.22. The van der Waals surface area contributed by atoms with E-state index in [4.69, 9.17) is 5.73 Å². The van der Waals surface area contributed by atoms with E-state index in [0.717, 1.165) is 17.8 Å². The maximum atomic E-state index is 10.7. The number of nitrogen functional groups attached to an aromatic ring is 1. The summed E-state index contributed by atoms with van der Waals surface area (Å²) in [4.78, 5) is 10.7. The maximum Gasteiger partial charge on any atom is 0.305 e. The fourth-order valence-corrected chi connectivity index (χ4v) is 1.50. The molecule has 2 N–H and O–H groups in total. The first-order valence-electron chi connectivity index (χ1n) is 3.87. The van der Waals surface area contributed by atoms with Crippen molar-refractivity contribution in [2.24, 2.45) is 0 Å². The van der Waals surface area contributed by atoms with Crippen LogP contribution in [-0.4, -0.2) is 23.3 Å². The zero-order valence-corrected chi connectivity index (χ0v) is 8.13. The molecular formula is C7H11N3O2S. The van der Waals surface area contributed by atoms with Crippen molar-refractivity contribution < 1.29 is 9.53 Å². The highest BCUT2D eigenvalue weighted by Gasteiger charge is 2.03. The average molecular weight is 201 g/mol. The topological polar surface area (TPSA) is 78.1 Å². The summed E-state index contributed by atoms with van der Waals surface area (Å²) in [6, 6.07) is 0. The highest BCUT2D eigenvalue weighted by atomic mass is 32.1. The van der Waals surface area contributed by atoms with Gasteiger partial charge in [0.15, 0.2) is 0 Å². The van der Waals surface area contributed by atoms with Gasteiger partial charge < -0.3 is 10.5 Å². The molecule has 1 heterocycles. The standard InChI is InChI=1S/C7H11N3O2S/c1-12-6(11)4-2-3-5-9-10-7(8)13-5/h2-4H2,1H3,(H2,8,10). The number of carbonyl (C=O) groups is 1. The number of anilines is 1. The number of rotatable bonds is 4. The van der Waals surface area contributed by atoms with E-state index in [-0.39, 0.29) is 5.97 Å². The Morgan fingerprint density at radius 3 is 2.92 bits per heavy atom. The summed E-state index contributed by atoms with van der Waals surface area (Å²) in [6.45, 7) is 0. The van der Waals surface area contributed by atoms with Gasteiger partial charge in [-0.1, -0.05) is 11.3 Å². The Balaban J connectivity index is 2.24. The maximum absolute atomic E-state index is 10.7. The van der Waals surface area contributed by atoms with Crippen molar-refractivity contribution in [3.05, 3.63) is 5.01 Å². The molecule has 1 aromatic rings. The van der Waals surface area contributed by atoms with Crippen molar-refractivity contribution in [3.63, 3.8) is 0 Å². The molecule has 0 fully saturated rings. The first-order valence-corrected chi connectivity index (χ1v) is 4.68. The summed E-state index contributed by atoms with van der Waals surface area (Å²) in [5.74, 6) is -0.197. The molecule has 0 unspecified atom stereocenters.